The number of nitrogens with zero attached hydrogens (tertiary/aromatic N) is 4. The van der Waals surface area contributed by atoms with Gasteiger partial charge in [-0.1, -0.05) is 115 Å². The van der Waals surface area contributed by atoms with Gasteiger partial charge in [0.1, 0.15) is 5.69 Å². The summed E-state index contributed by atoms with van der Waals surface area (Å²) in [5.41, 5.74) is 5.79. The van der Waals surface area contributed by atoms with E-state index in [9.17, 15) is 0 Å². The van der Waals surface area contributed by atoms with E-state index in [0.717, 1.165) is 50.3 Å². The first kappa shape index (κ1) is 20.8. The molecular weight excluding hydrogens is 428 g/mol. The maximum absolute atomic E-state index is 4.67. The SMILES string of the molecule is c1ccc(-c2nnnc(N(c3ccccc3)c3cccc4ccccc34)c2-c2ccccc2)cc1. The molecule has 1 aromatic heterocycles. The van der Waals surface area contributed by atoms with Crippen LogP contribution in [0.2, 0.25) is 0 Å². The molecule has 0 N–H and O–H groups in total. The van der Waals surface area contributed by atoms with Crippen LogP contribution in [0.25, 0.3) is 33.2 Å². The van der Waals surface area contributed by atoms with Gasteiger partial charge in [-0.3, -0.25) is 4.90 Å². The van der Waals surface area contributed by atoms with Crippen LogP contribution in [0.4, 0.5) is 17.2 Å². The lowest BCUT2D eigenvalue weighted by atomic mass is 9.98. The smallest absolute Gasteiger partial charge is 0.172 e. The monoisotopic (exact) mass is 450 g/mol. The predicted molar refractivity (Wildman–Crippen MR) is 143 cm³/mol. The van der Waals surface area contributed by atoms with Gasteiger partial charge in [0.15, 0.2) is 5.82 Å². The molecule has 0 saturated heterocycles. The molecule has 0 fully saturated rings. The molecule has 4 nitrogen and oxygen atoms in total. The zero-order valence-electron chi connectivity index (χ0n) is 19.0. The molecule has 0 bridgehead atoms. The fourth-order valence-electron chi connectivity index (χ4n) is 4.50. The maximum atomic E-state index is 4.67. The van der Waals surface area contributed by atoms with E-state index in [0.29, 0.717) is 0 Å². The van der Waals surface area contributed by atoms with E-state index in [-0.39, 0.29) is 0 Å². The van der Waals surface area contributed by atoms with Gasteiger partial charge in [0.2, 0.25) is 0 Å². The van der Waals surface area contributed by atoms with Crippen molar-refractivity contribution in [1.82, 2.24) is 15.4 Å². The third-order valence-corrected chi connectivity index (χ3v) is 6.09. The zero-order valence-corrected chi connectivity index (χ0v) is 19.0. The highest BCUT2D eigenvalue weighted by Gasteiger charge is 2.24. The first-order chi connectivity index (χ1) is 17.4. The van der Waals surface area contributed by atoms with Crippen LogP contribution in [0, 0.1) is 0 Å². The van der Waals surface area contributed by atoms with Crippen LogP contribution >= 0.6 is 0 Å². The summed E-state index contributed by atoms with van der Waals surface area (Å²) in [6, 6.07) is 45.5. The van der Waals surface area contributed by atoms with Crippen molar-refractivity contribution in [3.8, 4) is 22.4 Å². The molecule has 0 spiro atoms. The first-order valence-corrected chi connectivity index (χ1v) is 11.6. The summed E-state index contributed by atoms with van der Waals surface area (Å²) in [5, 5.41) is 15.8. The molecule has 5 aromatic carbocycles. The molecule has 0 atom stereocenters. The van der Waals surface area contributed by atoms with Gasteiger partial charge < -0.3 is 0 Å². The van der Waals surface area contributed by atoms with E-state index in [2.05, 4.69) is 99.2 Å². The summed E-state index contributed by atoms with van der Waals surface area (Å²) in [4.78, 5) is 2.19. The van der Waals surface area contributed by atoms with Crippen LogP contribution in [0.1, 0.15) is 0 Å². The van der Waals surface area contributed by atoms with Gasteiger partial charge in [-0.15, -0.1) is 10.2 Å². The molecule has 0 radical (unpaired) electrons. The summed E-state index contributed by atoms with van der Waals surface area (Å²) in [5.74, 6) is 0.729. The molecule has 0 aliphatic rings. The Morgan fingerprint density at radius 1 is 0.486 bits per heavy atom. The number of hydrogen-bond donors (Lipinski definition) is 0. The zero-order chi connectivity index (χ0) is 23.5. The van der Waals surface area contributed by atoms with Crippen molar-refractivity contribution in [1.29, 1.82) is 0 Å². The van der Waals surface area contributed by atoms with Crippen molar-refractivity contribution in [2.75, 3.05) is 4.90 Å². The average Bonchev–Trinajstić information content (AvgIpc) is 2.95. The van der Waals surface area contributed by atoms with Crippen molar-refractivity contribution >= 4 is 28.0 Å². The molecular formula is C31H22N4. The third-order valence-electron chi connectivity index (χ3n) is 6.09. The molecule has 0 aliphatic heterocycles. The average molecular weight is 451 g/mol. The second-order valence-corrected chi connectivity index (χ2v) is 8.24. The molecule has 0 saturated carbocycles. The number of benzene rings is 5. The van der Waals surface area contributed by atoms with Crippen LogP contribution in [0.3, 0.4) is 0 Å². The number of rotatable bonds is 5. The molecule has 0 amide bonds. The highest BCUT2D eigenvalue weighted by atomic mass is 15.4. The van der Waals surface area contributed by atoms with E-state index < -0.39 is 0 Å². The van der Waals surface area contributed by atoms with Gasteiger partial charge in [-0.05, 0) is 34.4 Å². The van der Waals surface area contributed by atoms with Gasteiger partial charge in [-0.25, -0.2) is 0 Å². The summed E-state index contributed by atoms with van der Waals surface area (Å²) in [6.45, 7) is 0. The quantitative estimate of drug-likeness (QED) is 0.268. The highest BCUT2D eigenvalue weighted by molar-refractivity contribution is 6.01. The second kappa shape index (κ2) is 9.20. The Morgan fingerprint density at radius 2 is 1.09 bits per heavy atom. The maximum Gasteiger partial charge on any atom is 0.172 e. The van der Waals surface area contributed by atoms with Crippen LogP contribution in [-0.2, 0) is 0 Å². The molecule has 6 aromatic rings. The topological polar surface area (TPSA) is 41.9 Å². The summed E-state index contributed by atoms with van der Waals surface area (Å²) in [7, 11) is 0. The summed E-state index contributed by atoms with van der Waals surface area (Å²) < 4.78 is 0. The Labute approximate surface area is 204 Å². The predicted octanol–water partition coefficient (Wildman–Crippen LogP) is 7.83. The van der Waals surface area contributed by atoms with E-state index in [1.807, 2.05) is 54.6 Å². The van der Waals surface area contributed by atoms with E-state index >= 15 is 0 Å². The van der Waals surface area contributed by atoms with Crippen LogP contribution in [0.5, 0.6) is 0 Å². The van der Waals surface area contributed by atoms with Gasteiger partial charge in [0, 0.05) is 16.6 Å². The molecule has 6 rings (SSSR count). The number of fused-ring (bicyclic) bond motifs is 1. The van der Waals surface area contributed by atoms with E-state index in [1.54, 1.807) is 0 Å². The molecule has 4 heteroatoms. The highest BCUT2D eigenvalue weighted by Crippen LogP contribution is 2.44. The molecule has 166 valence electrons. The lowest BCUT2D eigenvalue weighted by Crippen LogP contribution is -2.15. The van der Waals surface area contributed by atoms with Crippen LogP contribution < -0.4 is 4.90 Å². The molecule has 35 heavy (non-hydrogen) atoms. The molecule has 1 heterocycles. The van der Waals surface area contributed by atoms with Crippen molar-refractivity contribution in [3.05, 3.63) is 133 Å². The first-order valence-electron chi connectivity index (χ1n) is 11.6. The van der Waals surface area contributed by atoms with Crippen LogP contribution in [-0.4, -0.2) is 15.4 Å². The lowest BCUT2D eigenvalue weighted by Gasteiger charge is -2.27. The molecule has 0 unspecified atom stereocenters. The number of aromatic nitrogens is 3. The Kier molecular flexibility index (Phi) is 5.45. The Morgan fingerprint density at radius 3 is 1.83 bits per heavy atom. The van der Waals surface area contributed by atoms with Gasteiger partial charge >= 0.3 is 0 Å². The molecule has 0 aliphatic carbocycles. The minimum atomic E-state index is 0.729. The number of para-hydroxylation sites is 1. The number of hydrogen-bond acceptors (Lipinski definition) is 4. The van der Waals surface area contributed by atoms with Gasteiger partial charge in [-0.2, -0.15) is 0 Å². The largest absolute Gasteiger partial charge is 0.292 e. The fourth-order valence-corrected chi connectivity index (χ4v) is 4.50. The normalized spacial score (nSPS) is 10.9. The third kappa shape index (κ3) is 3.91. The van der Waals surface area contributed by atoms with Crippen molar-refractivity contribution in [2.45, 2.75) is 0 Å². The summed E-state index contributed by atoms with van der Waals surface area (Å²) >= 11 is 0. The minimum Gasteiger partial charge on any atom is -0.292 e. The van der Waals surface area contributed by atoms with E-state index in [1.165, 1.54) is 0 Å². The second-order valence-electron chi connectivity index (χ2n) is 8.24. The Bertz CT molecular complexity index is 1580. The standard InChI is InChI=1S/C31H22N4/c1-4-14-24(15-5-1)29-30(25-16-6-2-7-17-25)32-34-33-31(29)35(26-19-8-3-9-20-26)28-22-12-18-23-13-10-11-21-27(23)28/h1-22H. The van der Waals surface area contributed by atoms with Crippen molar-refractivity contribution in [2.24, 2.45) is 0 Å². The lowest BCUT2D eigenvalue weighted by molar-refractivity contribution is 0.867. The Hall–Kier alpha value is -4.83. The van der Waals surface area contributed by atoms with Gasteiger partial charge in [0.25, 0.3) is 0 Å². The fraction of sp³-hybridized carbons (Fsp3) is 0. The number of anilines is 3. The van der Waals surface area contributed by atoms with Gasteiger partial charge in [0.05, 0.1) is 11.3 Å². The van der Waals surface area contributed by atoms with Crippen molar-refractivity contribution < 1.29 is 0 Å². The van der Waals surface area contributed by atoms with E-state index in [4.69, 9.17) is 0 Å². The minimum absolute atomic E-state index is 0.729. The Balaban J connectivity index is 1.70. The van der Waals surface area contributed by atoms with Crippen LogP contribution in [0.15, 0.2) is 133 Å². The van der Waals surface area contributed by atoms with Crippen molar-refractivity contribution in [3.63, 3.8) is 0 Å². The summed E-state index contributed by atoms with van der Waals surface area (Å²) in [6.07, 6.45) is 0.